The normalized spacial score (nSPS) is 13.7. The zero-order chi connectivity index (χ0) is 12.9. The molecule has 1 rings (SSSR count). The zero-order valence-corrected chi connectivity index (χ0v) is 10.3. The summed E-state index contributed by atoms with van der Waals surface area (Å²) in [5, 5.41) is 3.08. The van der Waals surface area contributed by atoms with Crippen LogP contribution in [0.3, 0.4) is 0 Å². The first-order valence-corrected chi connectivity index (χ1v) is 5.89. The predicted octanol–water partition coefficient (Wildman–Crippen LogP) is 3.67. The van der Waals surface area contributed by atoms with Gasteiger partial charge in [0, 0.05) is 12.4 Å². The van der Waals surface area contributed by atoms with Gasteiger partial charge in [0.15, 0.2) is 0 Å². The molecule has 0 aliphatic heterocycles. The van der Waals surface area contributed by atoms with Crippen LogP contribution in [0.4, 0.5) is 13.2 Å². The summed E-state index contributed by atoms with van der Waals surface area (Å²) in [6.45, 7) is 3.09. The number of hydrogen-bond acceptors (Lipinski definition) is 1. The van der Waals surface area contributed by atoms with E-state index < -0.39 is 11.7 Å². The number of halogens is 4. The predicted molar refractivity (Wildman–Crippen MR) is 63.0 cm³/mol. The van der Waals surface area contributed by atoms with Crippen LogP contribution in [0.1, 0.15) is 18.1 Å². The third kappa shape index (κ3) is 4.96. The van der Waals surface area contributed by atoms with Gasteiger partial charge in [-0.15, -0.1) is 11.6 Å². The van der Waals surface area contributed by atoms with Gasteiger partial charge in [0.2, 0.25) is 0 Å². The molecule has 0 amide bonds. The second-order valence-electron chi connectivity index (χ2n) is 4.09. The molecule has 0 heterocycles. The summed E-state index contributed by atoms with van der Waals surface area (Å²) in [5.74, 6) is 0.845. The van der Waals surface area contributed by atoms with Crippen LogP contribution in [0, 0.1) is 5.92 Å². The average Bonchev–Trinajstić information content (AvgIpc) is 2.28. The van der Waals surface area contributed by atoms with Crippen molar-refractivity contribution >= 4 is 11.6 Å². The molecule has 1 atom stereocenters. The van der Waals surface area contributed by atoms with Gasteiger partial charge in [-0.05, 0) is 24.1 Å². The van der Waals surface area contributed by atoms with Crippen LogP contribution in [0.2, 0.25) is 0 Å². The van der Waals surface area contributed by atoms with Crippen LogP contribution in [-0.2, 0) is 12.7 Å². The number of alkyl halides is 4. The highest BCUT2D eigenvalue weighted by Crippen LogP contribution is 2.29. The van der Waals surface area contributed by atoms with Crippen molar-refractivity contribution in [2.75, 3.05) is 12.4 Å². The number of benzene rings is 1. The fourth-order valence-corrected chi connectivity index (χ4v) is 1.48. The molecule has 96 valence electrons. The Bertz CT molecular complexity index is 352. The Morgan fingerprint density at radius 3 is 2.65 bits per heavy atom. The fraction of sp³-hybridized carbons (Fsp3) is 0.500. The molecule has 0 saturated heterocycles. The lowest BCUT2D eigenvalue weighted by Gasteiger charge is -2.11. The molecule has 1 aromatic rings. The van der Waals surface area contributed by atoms with Gasteiger partial charge in [0.05, 0.1) is 5.56 Å². The molecule has 0 aromatic heterocycles. The van der Waals surface area contributed by atoms with E-state index in [9.17, 15) is 13.2 Å². The lowest BCUT2D eigenvalue weighted by atomic mass is 10.1. The maximum Gasteiger partial charge on any atom is 0.416 e. The third-order valence-electron chi connectivity index (χ3n) is 2.34. The molecular weight excluding hydrogens is 251 g/mol. The molecule has 17 heavy (non-hydrogen) atoms. The first kappa shape index (κ1) is 14.3. The monoisotopic (exact) mass is 265 g/mol. The fourth-order valence-electron chi connectivity index (χ4n) is 1.38. The molecule has 0 spiro atoms. The minimum atomic E-state index is -4.28. The summed E-state index contributed by atoms with van der Waals surface area (Å²) in [6.07, 6.45) is -4.28. The maximum absolute atomic E-state index is 12.4. The molecule has 0 aliphatic carbocycles. The van der Waals surface area contributed by atoms with Crippen molar-refractivity contribution in [1.29, 1.82) is 0 Å². The Kier molecular flexibility index (Phi) is 5.28. The lowest BCUT2D eigenvalue weighted by Crippen LogP contribution is -2.21. The van der Waals surface area contributed by atoms with Gasteiger partial charge in [-0.1, -0.05) is 25.1 Å². The highest BCUT2D eigenvalue weighted by molar-refractivity contribution is 6.18. The smallest absolute Gasteiger partial charge is 0.312 e. The molecule has 0 radical (unpaired) electrons. The summed E-state index contributed by atoms with van der Waals surface area (Å²) in [6, 6.07) is 5.33. The second-order valence-corrected chi connectivity index (χ2v) is 4.40. The van der Waals surface area contributed by atoms with Crippen molar-refractivity contribution in [2.24, 2.45) is 5.92 Å². The van der Waals surface area contributed by atoms with E-state index in [1.807, 2.05) is 6.92 Å². The lowest BCUT2D eigenvalue weighted by molar-refractivity contribution is -0.137. The minimum absolute atomic E-state index is 0.308. The summed E-state index contributed by atoms with van der Waals surface area (Å²) >= 11 is 5.63. The van der Waals surface area contributed by atoms with Crippen molar-refractivity contribution in [3.05, 3.63) is 35.4 Å². The van der Waals surface area contributed by atoms with Gasteiger partial charge in [-0.25, -0.2) is 0 Å². The van der Waals surface area contributed by atoms with Crippen LogP contribution in [0.15, 0.2) is 24.3 Å². The topological polar surface area (TPSA) is 12.0 Å². The first-order valence-electron chi connectivity index (χ1n) is 5.36. The Morgan fingerprint density at radius 1 is 1.35 bits per heavy atom. The van der Waals surface area contributed by atoms with E-state index in [-0.39, 0.29) is 0 Å². The van der Waals surface area contributed by atoms with E-state index in [2.05, 4.69) is 5.32 Å². The summed E-state index contributed by atoms with van der Waals surface area (Å²) in [7, 11) is 0. The van der Waals surface area contributed by atoms with Crippen molar-refractivity contribution in [3.8, 4) is 0 Å². The molecule has 0 saturated carbocycles. The van der Waals surface area contributed by atoms with Gasteiger partial charge in [-0.3, -0.25) is 0 Å². The Hall–Kier alpha value is -0.740. The molecule has 0 bridgehead atoms. The van der Waals surface area contributed by atoms with Crippen molar-refractivity contribution in [2.45, 2.75) is 19.6 Å². The second kappa shape index (κ2) is 6.26. The average molecular weight is 266 g/mol. The van der Waals surface area contributed by atoms with E-state index in [0.717, 1.165) is 6.07 Å². The summed E-state index contributed by atoms with van der Waals surface area (Å²) in [4.78, 5) is 0. The number of rotatable bonds is 5. The highest BCUT2D eigenvalue weighted by atomic mass is 35.5. The minimum Gasteiger partial charge on any atom is -0.312 e. The van der Waals surface area contributed by atoms with Crippen LogP contribution in [0.25, 0.3) is 0 Å². The third-order valence-corrected chi connectivity index (χ3v) is 2.87. The molecule has 0 aliphatic rings. The van der Waals surface area contributed by atoms with Gasteiger partial charge in [0.1, 0.15) is 0 Å². The van der Waals surface area contributed by atoms with Crippen LogP contribution in [-0.4, -0.2) is 12.4 Å². The highest BCUT2D eigenvalue weighted by Gasteiger charge is 2.30. The van der Waals surface area contributed by atoms with Crippen molar-refractivity contribution in [3.63, 3.8) is 0 Å². The standard InChI is InChI=1S/C12H15ClF3N/c1-9(6-13)7-17-8-10-3-2-4-11(5-10)12(14,15)16/h2-5,9,17H,6-8H2,1H3. The molecule has 5 heteroatoms. The summed E-state index contributed by atoms with van der Waals surface area (Å²) < 4.78 is 37.3. The maximum atomic E-state index is 12.4. The Morgan fingerprint density at radius 2 is 2.06 bits per heavy atom. The number of nitrogens with one attached hydrogen (secondary N) is 1. The van der Waals surface area contributed by atoms with E-state index in [4.69, 9.17) is 11.6 Å². The largest absolute Gasteiger partial charge is 0.416 e. The van der Waals surface area contributed by atoms with Crippen LogP contribution in [0.5, 0.6) is 0 Å². The van der Waals surface area contributed by atoms with E-state index >= 15 is 0 Å². The number of hydrogen-bond donors (Lipinski definition) is 1. The Labute approximate surface area is 104 Å². The van der Waals surface area contributed by atoms with E-state index in [0.29, 0.717) is 30.5 Å². The molecule has 1 nitrogen and oxygen atoms in total. The van der Waals surface area contributed by atoms with E-state index in [1.165, 1.54) is 12.1 Å². The Balaban J connectivity index is 2.55. The zero-order valence-electron chi connectivity index (χ0n) is 9.52. The molecule has 1 N–H and O–H groups in total. The molecular formula is C12H15ClF3N. The molecule has 1 aromatic carbocycles. The molecule has 1 unspecified atom stereocenters. The summed E-state index contributed by atoms with van der Waals surface area (Å²) in [5.41, 5.74) is 0.0174. The quantitative estimate of drug-likeness (QED) is 0.801. The van der Waals surface area contributed by atoms with Crippen molar-refractivity contribution < 1.29 is 13.2 Å². The van der Waals surface area contributed by atoms with Gasteiger partial charge >= 0.3 is 6.18 Å². The van der Waals surface area contributed by atoms with Gasteiger partial charge in [-0.2, -0.15) is 13.2 Å². The van der Waals surface area contributed by atoms with Crippen LogP contribution < -0.4 is 5.32 Å². The van der Waals surface area contributed by atoms with Crippen molar-refractivity contribution in [1.82, 2.24) is 5.32 Å². The van der Waals surface area contributed by atoms with E-state index in [1.54, 1.807) is 6.07 Å². The van der Waals surface area contributed by atoms with Crippen LogP contribution >= 0.6 is 11.6 Å². The first-order chi connectivity index (χ1) is 7.93. The van der Waals surface area contributed by atoms with Gasteiger partial charge in [0.25, 0.3) is 0 Å². The SMILES string of the molecule is CC(CCl)CNCc1cccc(C(F)(F)F)c1. The van der Waals surface area contributed by atoms with Gasteiger partial charge < -0.3 is 5.32 Å². The molecule has 0 fully saturated rings.